The normalized spacial score (nSPS) is 10.9. The molecule has 0 amide bonds. The molecule has 3 rings (SSSR count). The number of benzene rings is 1. The van der Waals surface area contributed by atoms with Crippen LogP contribution >= 0.6 is 15.9 Å². The van der Waals surface area contributed by atoms with Crippen LogP contribution in [0.25, 0.3) is 11.0 Å². The van der Waals surface area contributed by atoms with E-state index >= 15 is 0 Å². The number of fused-ring (bicyclic) bond motifs is 1. The predicted molar refractivity (Wildman–Crippen MR) is 75.2 cm³/mol. The molecule has 0 radical (unpaired) electrons. The van der Waals surface area contributed by atoms with Gasteiger partial charge in [-0.25, -0.2) is 4.98 Å². The predicted octanol–water partition coefficient (Wildman–Crippen LogP) is 2.89. The number of nitrogens with zero attached hydrogens (tertiary/aromatic N) is 2. The van der Waals surface area contributed by atoms with Crippen LogP contribution in [0, 0.1) is 0 Å². The third kappa shape index (κ3) is 2.09. The Bertz CT molecular complexity index is 691. The summed E-state index contributed by atoms with van der Waals surface area (Å²) < 4.78 is 0.948. The van der Waals surface area contributed by atoms with Crippen LogP contribution in [0.5, 0.6) is 0 Å². The van der Waals surface area contributed by atoms with Crippen molar-refractivity contribution in [1.82, 2.24) is 15.0 Å². The van der Waals surface area contributed by atoms with E-state index in [1.165, 1.54) is 0 Å². The Hall–Kier alpha value is -1.88. The number of rotatable bonds is 2. The van der Waals surface area contributed by atoms with Gasteiger partial charge in [0.25, 0.3) is 0 Å². The van der Waals surface area contributed by atoms with E-state index < -0.39 is 0 Å². The standard InChI is InChI=1S/C13H11BrN4/c14-9-5-10(15)13-11(6-9)17-12(18-13)4-8-2-1-3-16-7-8/h1-3,5-7H,4,15H2,(H,17,18). The lowest BCUT2D eigenvalue weighted by molar-refractivity contribution is 1.03. The highest BCUT2D eigenvalue weighted by Gasteiger charge is 2.07. The Labute approximate surface area is 112 Å². The smallest absolute Gasteiger partial charge is 0.112 e. The first-order valence-corrected chi connectivity index (χ1v) is 6.34. The number of nitrogens with two attached hydrogens (primary N) is 1. The minimum atomic E-state index is 0.674. The number of hydrogen-bond acceptors (Lipinski definition) is 3. The van der Waals surface area contributed by atoms with Crippen molar-refractivity contribution in [3.8, 4) is 0 Å². The maximum absolute atomic E-state index is 5.94. The molecule has 3 aromatic rings. The summed E-state index contributed by atoms with van der Waals surface area (Å²) in [6, 6.07) is 7.78. The summed E-state index contributed by atoms with van der Waals surface area (Å²) in [5.41, 5.74) is 9.49. The molecular weight excluding hydrogens is 292 g/mol. The molecule has 0 saturated heterocycles. The molecule has 0 fully saturated rings. The zero-order valence-corrected chi connectivity index (χ0v) is 11.1. The van der Waals surface area contributed by atoms with Crippen molar-refractivity contribution in [2.75, 3.05) is 5.73 Å². The van der Waals surface area contributed by atoms with Crippen LogP contribution in [0.1, 0.15) is 11.4 Å². The van der Waals surface area contributed by atoms with Crippen molar-refractivity contribution < 1.29 is 0 Å². The fourth-order valence-corrected chi connectivity index (χ4v) is 2.41. The van der Waals surface area contributed by atoms with Gasteiger partial charge < -0.3 is 10.7 Å². The van der Waals surface area contributed by atoms with Gasteiger partial charge in [0.05, 0.1) is 11.2 Å². The van der Waals surface area contributed by atoms with Crippen LogP contribution in [0.2, 0.25) is 0 Å². The molecule has 1 aromatic carbocycles. The van der Waals surface area contributed by atoms with Gasteiger partial charge >= 0.3 is 0 Å². The third-order valence-corrected chi connectivity index (χ3v) is 3.18. The van der Waals surface area contributed by atoms with Crippen LogP contribution in [0.15, 0.2) is 41.1 Å². The Balaban J connectivity index is 2.01. The van der Waals surface area contributed by atoms with Gasteiger partial charge in [0.1, 0.15) is 11.3 Å². The van der Waals surface area contributed by atoms with Gasteiger partial charge in [-0.2, -0.15) is 0 Å². The highest BCUT2D eigenvalue weighted by molar-refractivity contribution is 9.10. The number of H-pyrrole nitrogens is 1. The molecule has 0 aliphatic heterocycles. The molecule has 90 valence electrons. The zero-order chi connectivity index (χ0) is 12.5. The fourth-order valence-electron chi connectivity index (χ4n) is 1.94. The highest BCUT2D eigenvalue weighted by Crippen LogP contribution is 2.24. The molecule has 0 aliphatic carbocycles. The molecule has 0 aliphatic rings. The first kappa shape index (κ1) is 11.2. The molecule has 2 aromatic heterocycles. The highest BCUT2D eigenvalue weighted by atomic mass is 79.9. The summed E-state index contributed by atoms with van der Waals surface area (Å²) in [7, 11) is 0. The molecule has 0 atom stereocenters. The fraction of sp³-hybridized carbons (Fsp3) is 0.0769. The van der Waals surface area contributed by atoms with Crippen LogP contribution in [0.3, 0.4) is 0 Å². The second kappa shape index (κ2) is 4.42. The molecule has 0 saturated carbocycles. The molecule has 4 nitrogen and oxygen atoms in total. The van der Waals surface area contributed by atoms with E-state index in [1.54, 1.807) is 6.20 Å². The first-order chi connectivity index (χ1) is 8.72. The Morgan fingerprint density at radius 2 is 2.22 bits per heavy atom. The SMILES string of the molecule is Nc1cc(Br)cc2[nH]c(Cc3cccnc3)nc12. The number of aromatic amines is 1. The number of anilines is 1. The summed E-state index contributed by atoms with van der Waals surface area (Å²) in [5, 5.41) is 0. The maximum Gasteiger partial charge on any atom is 0.112 e. The second-order valence-electron chi connectivity index (χ2n) is 4.11. The molecule has 3 N–H and O–H groups in total. The summed E-state index contributed by atoms with van der Waals surface area (Å²) in [6.07, 6.45) is 4.32. The third-order valence-electron chi connectivity index (χ3n) is 2.72. The topological polar surface area (TPSA) is 67.6 Å². The van der Waals surface area contributed by atoms with Crippen LogP contribution in [0.4, 0.5) is 5.69 Å². The van der Waals surface area contributed by atoms with E-state index in [0.717, 1.165) is 33.3 Å². The van der Waals surface area contributed by atoms with Crippen molar-refractivity contribution in [1.29, 1.82) is 0 Å². The lowest BCUT2D eigenvalue weighted by Gasteiger charge is -1.95. The van der Waals surface area contributed by atoms with Gasteiger partial charge in [-0.05, 0) is 23.8 Å². The van der Waals surface area contributed by atoms with Crippen molar-refractivity contribution >= 4 is 32.7 Å². The van der Waals surface area contributed by atoms with E-state index in [1.807, 2.05) is 30.5 Å². The molecule has 0 bridgehead atoms. The van der Waals surface area contributed by atoms with Crippen LogP contribution < -0.4 is 5.73 Å². The lowest BCUT2D eigenvalue weighted by atomic mass is 10.2. The number of aromatic nitrogens is 3. The van der Waals surface area contributed by atoms with E-state index in [9.17, 15) is 0 Å². The van der Waals surface area contributed by atoms with E-state index in [2.05, 4.69) is 30.9 Å². The number of imidazole rings is 1. The lowest BCUT2D eigenvalue weighted by Crippen LogP contribution is -1.91. The largest absolute Gasteiger partial charge is 0.397 e. The molecule has 2 heterocycles. The van der Waals surface area contributed by atoms with E-state index in [4.69, 9.17) is 5.73 Å². The molecule has 18 heavy (non-hydrogen) atoms. The second-order valence-corrected chi connectivity index (χ2v) is 5.03. The number of pyridine rings is 1. The first-order valence-electron chi connectivity index (χ1n) is 5.55. The summed E-state index contributed by atoms with van der Waals surface area (Å²) in [6.45, 7) is 0. The number of nitrogens with one attached hydrogen (secondary N) is 1. The number of hydrogen-bond donors (Lipinski definition) is 2. The van der Waals surface area contributed by atoms with Crippen molar-refractivity contribution in [3.05, 3.63) is 52.5 Å². The van der Waals surface area contributed by atoms with E-state index in [0.29, 0.717) is 5.69 Å². The van der Waals surface area contributed by atoms with Crippen LogP contribution in [-0.4, -0.2) is 15.0 Å². The average molecular weight is 303 g/mol. The maximum atomic E-state index is 5.94. The van der Waals surface area contributed by atoms with Crippen LogP contribution in [-0.2, 0) is 6.42 Å². The van der Waals surface area contributed by atoms with Gasteiger partial charge in [-0.15, -0.1) is 0 Å². The zero-order valence-electron chi connectivity index (χ0n) is 9.52. The molecule has 0 unspecified atom stereocenters. The molecule has 0 spiro atoms. The minimum Gasteiger partial charge on any atom is -0.397 e. The summed E-state index contributed by atoms with van der Waals surface area (Å²) in [4.78, 5) is 11.9. The Morgan fingerprint density at radius 3 is 3.00 bits per heavy atom. The van der Waals surface area contributed by atoms with Gasteiger partial charge in [0.15, 0.2) is 0 Å². The summed E-state index contributed by atoms with van der Waals surface area (Å²) >= 11 is 3.42. The van der Waals surface area contributed by atoms with Gasteiger partial charge in [0.2, 0.25) is 0 Å². The quantitative estimate of drug-likeness (QED) is 0.715. The minimum absolute atomic E-state index is 0.674. The molecular formula is C13H11BrN4. The van der Waals surface area contributed by atoms with Gasteiger partial charge in [0, 0.05) is 23.3 Å². The van der Waals surface area contributed by atoms with Gasteiger partial charge in [-0.1, -0.05) is 22.0 Å². The Morgan fingerprint density at radius 1 is 1.33 bits per heavy atom. The van der Waals surface area contributed by atoms with E-state index in [-0.39, 0.29) is 0 Å². The molecule has 5 heteroatoms. The van der Waals surface area contributed by atoms with Crippen molar-refractivity contribution in [2.45, 2.75) is 6.42 Å². The Kier molecular flexibility index (Phi) is 2.76. The monoisotopic (exact) mass is 302 g/mol. The van der Waals surface area contributed by atoms with Crippen molar-refractivity contribution in [3.63, 3.8) is 0 Å². The summed E-state index contributed by atoms with van der Waals surface area (Å²) in [5.74, 6) is 0.891. The van der Waals surface area contributed by atoms with Crippen molar-refractivity contribution in [2.24, 2.45) is 0 Å². The average Bonchev–Trinajstić information content (AvgIpc) is 2.73. The van der Waals surface area contributed by atoms with Gasteiger partial charge in [-0.3, -0.25) is 4.98 Å². The number of halogens is 1. The number of nitrogen functional groups attached to an aromatic ring is 1.